The minimum Gasteiger partial charge on any atom is -0.468 e. The molecule has 30 heavy (non-hydrogen) atoms. The van der Waals surface area contributed by atoms with E-state index >= 15 is 0 Å². The number of esters is 2. The maximum Gasteiger partial charge on any atom is 0.326 e. The molecule has 1 aliphatic carbocycles. The molecule has 1 saturated carbocycles. The average molecular weight is 413 g/mol. The standard InChI is InChI=1S/C22H23NO7/c1-29-20(25)22(21(26)30-2)17(24)13-16(14-9-5-3-6-10-14)19(23(27)28)18(22)15-11-7-4-8-12-15/h3-12,16-19,24H,13H2,1-2H3/t16-,17-,18+,19+/m1/s1. The van der Waals surface area contributed by atoms with Crippen LogP contribution < -0.4 is 0 Å². The van der Waals surface area contributed by atoms with E-state index < -0.39 is 46.3 Å². The van der Waals surface area contributed by atoms with Gasteiger partial charge in [0, 0.05) is 4.92 Å². The monoisotopic (exact) mass is 413 g/mol. The zero-order chi connectivity index (χ0) is 21.9. The molecule has 1 N–H and O–H groups in total. The SMILES string of the molecule is COC(=O)C1(C(=O)OC)[C@H](O)C[C@H](c2ccccc2)[C@H]([N+](=O)[O-])[C@@H]1c1ccccc1. The van der Waals surface area contributed by atoms with Gasteiger partial charge < -0.3 is 14.6 Å². The number of nitro groups is 1. The topological polar surface area (TPSA) is 116 Å². The van der Waals surface area contributed by atoms with Crippen LogP contribution in [0.4, 0.5) is 0 Å². The summed E-state index contributed by atoms with van der Waals surface area (Å²) >= 11 is 0. The number of aliphatic hydroxyl groups excluding tert-OH is 1. The number of ether oxygens (including phenoxy) is 2. The molecule has 0 unspecified atom stereocenters. The van der Waals surface area contributed by atoms with E-state index in [0.717, 1.165) is 14.2 Å². The van der Waals surface area contributed by atoms with E-state index in [1.54, 1.807) is 60.7 Å². The van der Waals surface area contributed by atoms with E-state index in [1.807, 2.05) is 0 Å². The molecule has 2 aromatic carbocycles. The lowest BCUT2D eigenvalue weighted by Gasteiger charge is -2.46. The van der Waals surface area contributed by atoms with Crippen molar-refractivity contribution in [2.24, 2.45) is 5.41 Å². The van der Waals surface area contributed by atoms with Crippen LogP contribution in [0, 0.1) is 15.5 Å². The molecule has 0 spiro atoms. The molecule has 1 aliphatic rings. The van der Waals surface area contributed by atoms with Gasteiger partial charge in [0.1, 0.15) is 0 Å². The van der Waals surface area contributed by atoms with Gasteiger partial charge in [0.25, 0.3) is 0 Å². The Hall–Kier alpha value is -3.26. The molecule has 8 heteroatoms. The van der Waals surface area contributed by atoms with Crippen molar-refractivity contribution in [1.82, 2.24) is 0 Å². The summed E-state index contributed by atoms with van der Waals surface area (Å²) in [7, 11) is 2.15. The number of methoxy groups -OCH3 is 2. The van der Waals surface area contributed by atoms with Gasteiger partial charge in [0.05, 0.1) is 32.2 Å². The molecule has 3 rings (SSSR count). The normalized spacial score (nSPS) is 25.2. The number of hydrogen-bond acceptors (Lipinski definition) is 7. The molecule has 0 heterocycles. The van der Waals surface area contributed by atoms with Crippen molar-refractivity contribution in [2.75, 3.05) is 14.2 Å². The first kappa shape index (κ1) is 21.4. The number of rotatable bonds is 5. The molecule has 0 bridgehead atoms. The summed E-state index contributed by atoms with van der Waals surface area (Å²) in [6.07, 6.45) is -1.73. The third kappa shape index (κ3) is 3.33. The molecule has 0 aromatic heterocycles. The van der Waals surface area contributed by atoms with Crippen LogP contribution in [0.25, 0.3) is 0 Å². The summed E-state index contributed by atoms with van der Waals surface area (Å²) in [5.74, 6) is -4.16. The van der Waals surface area contributed by atoms with Gasteiger partial charge in [-0.25, -0.2) is 0 Å². The zero-order valence-electron chi connectivity index (χ0n) is 16.6. The summed E-state index contributed by atoms with van der Waals surface area (Å²) in [4.78, 5) is 37.9. The van der Waals surface area contributed by atoms with Gasteiger partial charge in [-0.05, 0) is 17.5 Å². The zero-order valence-corrected chi connectivity index (χ0v) is 16.6. The van der Waals surface area contributed by atoms with Crippen LogP contribution in [0.15, 0.2) is 60.7 Å². The second kappa shape index (κ2) is 8.62. The van der Waals surface area contributed by atoms with Crippen molar-refractivity contribution in [1.29, 1.82) is 0 Å². The van der Waals surface area contributed by atoms with Crippen LogP contribution in [0.3, 0.4) is 0 Å². The van der Waals surface area contributed by atoms with Crippen LogP contribution in [-0.4, -0.2) is 48.3 Å². The van der Waals surface area contributed by atoms with Crippen LogP contribution in [-0.2, 0) is 19.1 Å². The van der Waals surface area contributed by atoms with Crippen LogP contribution >= 0.6 is 0 Å². The Morgan fingerprint density at radius 3 is 1.87 bits per heavy atom. The maximum atomic E-state index is 13.0. The third-order valence-corrected chi connectivity index (χ3v) is 5.92. The fourth-order valence-electron chi connectivity index (χ4n) is 4.64. The van der Waals surface area contributed by atoms with E-state index in [-0.39, 0.29) is 6.42 Å². The Bertz CT molecular complexity index is 900. The summed E-state index contributed by atoms with van der Waals surface area (Å²) < 4.78 is 9.77. The molecular formula is C22H23NO7. The Morgan fingerprint density at radius 1 is 0.967 bits per heavy atom. The second-order valence-electron chi connectivity index (χ2n) is 7.29. The van der Waals surface area contributed by atoms with Crippen molar-refractivity contribution >= 4 is 11.9 Å². The van der Waals surface area contributed by atoms with Crippen LogP contribution in [0.5, 0.6) is 0 Å². The van der Waals surface area contributed by atoms with Crippen molar-refractivity contribution in [3.63, 3.8) is 0 Å². The van der Waals surface area contributed by atoms with Crippen molar-refractivity contribution in [3.05, 3.63) is 81.9 Å². The van der Waals surface area contributed by atoms with E-state index in [2.05, 4.69) is 0 Å². The van der Waals surface area contributed by atoms with E-state index in [4.69, 9.17) is 9.47 Å². The first-order valence-corrected chi connectivity index (χ1v) is 9.47. The number of carbonyl (C=O) groups excluding carboxylic acids is 2. The number of nitrogens with zero attached hydrogens (tertiary/aromatic N) is 1. The lowest BCUT2D eigenvalue weighted by atomic mass is 9.56. The van der Waals surface area contributed by atoms with Crippen molar-refractivity contribution in [3.8, 4) is 0 Å². The molecule has 1 fully saturated rings. The molecule has 8 nitrogen and oxygen atoms in total. The minimum atomic E-state index is -2.27. The summed E-state index contributed by atoms with van der Waals surface area (Å²) in [5.41, 5.74) is -1.26. The van der Waals surface area contributed by atoms with Gasteiger partial charge in [-0.2, -0.15) is 0 Å². The van der Waals surface area contributed by atoms with Crippen molar-refractivity contribution in [2.45, 2.75) is 30.4 Å². The lowest BCUT2D eigenvalue weighted by molar-refractivity contribution is -0.538. The van der Waals surface area contributed by atoms with Crippen LogP contribution in [0.1, 0.15) is 29.4 Å². The first-order chi connectivity index (χ1) is 14.4. The molecular weight excluding hydrogens is 390 g/mol. The summed E-state index contributed by atoms with van der Waals surface area (Å²) in [6, 6.07) is 15.6. The Balaban J connectivity index is 2.32. The molecule has 2 aromatic rings. The predicted molar refractivity (Wildman–Crippen MR) is 106 cm³/mol. The van der Waals surface area contributed by atoms with E-state index in [9.17, 15) is 24.8 Å². The van der Waals surface area contributed by atoms with Crippen molar-refractivity contribution < 1.29 is 29.1 Å². The molecule has 0 saturated heterocycles. The second-order valence-corrected chi connectivity index (χ2v) is 7.29. The van der Waals surface area contributed by atoms with E-state index in [0.29, 0.717) is 11.1 Å². The quantitative estimate of drug-likeness (QED) is 0.346. The lowest BCUT2D eigenvalue weighted by Crippen LogP contribution is -2.62. The van der Waals surface area contributed by atoms with Gasteiger partial charge >= 0.3 is 11.9 Å². The molecule has 4 atom stereocenters. The first-order valence-electron chi connectivity index (χ1n) is 9.47. The highest BCUT2D eigenvalue weighted by molar-refractivity contribution is 6.02. The average Bonchev–Trinajstić information content (AvgIpc) is 2.78. The van der Waals surface area contributed by atoms with Gasteiger partial charge in [-0.3, -0.25) is 19.7 Å². The Morgan fingerprint density at radius 2 is 1.43 bits per heavy atom. The van der Waals surface area contributed by atoms with Gasteiger partial charge in [-0.1, -0.05) is 60.7 Å². The fourth-order valence-corrected chi connectivity index (χ4v) is 4.64. The Labute approximate surface area is 173 Å². The van der Waals surface area contributed by atoms with Gasteiger partial charge in [0.15, 0.2) is 0 Å². The number of hydrogen-bond donors (Lipinski definition) is 1. The van der Waals surface area contributed by atoms with Gasteiger partial charge in [0.2, 0.25) is 11.5 Å². The smallest absolute Gasteiger partial charge is 0.326 e. The number of benzene rings is 2. The maximum absolute atomic E-state index is 13.0. The molecule has 0 radical (unpaired) electrons. The fraction of sp³-hybridized carbons (Fsp3) is 0.364. The largest absolute Gasteiger partial charge is 0.468 e. The molecule has 0 amide bonds. The number of carbonyl (C=O) groups is 2. The highest BCUT2D eigenvalue weighted by atomic mass is 16.6. The number of aliphatic hydroxyl groups is 1. The minimum absolute atomic E-state index is 0.177. The molecule has 0 aliphatic heterocycles. The Kier molecular flexibility index (Phi) is 6.17. The van der Waals surface area contributed by atoms with Crippen LogP contribution in [0.2, 0.25) is 0 Å². The summed E-state index contributed by atoms with van der Waals surface area (Å²) in [5, 5.41) is 23.5. The summed E-state index contributed by atoms with van der Waals surface area (Å²) in [6.45, 7) is 0. The third-order valence-electron chi connectivity index (χ3n) is 5.92. The highest BCUT2D eigenvalue weighted by Crippen LogP contribution is 2.54. The predicted octanol–water partition coefficient (Wildman–Crippen LogP) is 2.30. The highest BCUT2D eigenvalue weighted by Gasteiger charge is 2.69. The van der Waals surface area contributed by atoms with E-state index in [1.165, 1.54) is 0 Å². The molecule has 158 valence electrons. The van der Waals surface area contributed by atoms with Gasteiger partial charge in [-0.15, -0.1) is 0 Å².